The van der Waals surface area contributed by atoms with Crippen LogP contribution in [0.2, 0.25) is 0 Å². The van der Waals surface area contributed by atoms with Gasteiger partial charge in [0.15, 0.2) is 11.5 Å². The molecule has 0 N–H and O–H groups in total. The fourth-order valence-electron chi connectivity index (χ4n) is 2.49. The van der Waals surface area contributed by atoms with Crippen LogP contribution in [-0.2, 0) is 0 Å². The molecule has 21 heavy (non-hydrogen) atoms. The zero-order valence-electron chi connectivity index (χ0n) is 10.7. The Morgan fingerprint density at radius 1 is 1.05 bits per heavy atom. The summed E-state index contributed by atoms with van der Waals surface area (Å²) in [7, 11) is 0. The molecular formula is C15H9NO5. The van der Waals surface area contributed by atoms with E-state index in [4.69, 9.17) is 13.9 Å². The molecule has 104 valence electrons. The van der Waals surface area contributed by atoms with Crippen molar-refractivity contribution >= 4 is 16.9 Å². The smallest absolute Gasteiger partial charge is 0.442 e. The van der Waals surface area contributed by atoms with E-state index in [-0.39, 0.29) is 12.7 Å². The van der Waals surface area contributed by atoms with Gasteiger partial charge in [0, 0.05) is 11.5 Å². The molecule has 1 aromatic heterocycles. The largest absolute Gasteiger partial charge is 0.454 e. The average Bonchev–Trinajstić information content (AvgIpc) is 3.08. The van der Waals surface area contributed by atoms with Gasteiger partial charge in [-0.1, -0.05) is 30.3 Å². The minimum absolute atomic E-state index is 0.144. The summed E-state index contributed by atoms with van der Waals surface area (Å²) in [5.41, 5.74) is 1.58. The lowest BCUT2D eigenvalue weighted by molar-refractivity contribution is -0.400. The van der Waals surface area contributed by atoms with Gasteiger partial charge >= 0.3 is 5.88 Å². The van der Waals surface area contributed by atoms with E-state index >= 15 is 0 Å². The van der Waals surface area contributed by atoms with Crippen molar-refractivity contribution in [3.63, 3.8) is 0 Å². The Morgan fingerprint density at radius 3 is 2.48 bits per heavy atom. The van der Waals surface area contributed by atoms with Gasteiger partial charge in [0.05, 0.1) is 0 Å². The molecule has 6 heteroatoms. The number of fused-ring (bicyclic) bond motifs is 2. The molecule has 0 unspecified atom stereocenters. The first-order chi connectivity index (χ1) is 10.2. The van der Waals surface area contributed by atoms with Gasteiger partial charge in [-0.3, -0.25) is 10.1 Å². The Labute approximate surface area is 118 Å². The Kier molecular flexibility index (Phi) is 2.38. The number of furan rings is 1. The van der Waals surface area contributed by atoms with Gasteiger partial charge in [-0.25, -0.2) is 0 Å². The molecule has 0 aliphatic carbocycles. The predicted octanol–water partition coefficient (Wildman–Crippen LogP) is 3.74. The molecule has 3 aromatic rings. The first kappa shape index (κ1) is 11.8. The van der Waals surface area contributed by atoms with E-state index in [1.165, 1.54) is 0 Å². The van der Waals surface area contributed by atoms with Gasteiger partial charge < -0.3 is 13.9 Å². The SMILES string of the molecule is O=[N+]([O-])c1oc2cc3c(cc2c1-c1ccccc1)OCO3. The topological polar surface area (TPSA) is 74.7 Å². The summed E-state index contributed by atoms with van der Waals surface area (Å²) < 4.78 is 16.0. The molecule has 4 rings (SSSR count). The molecule has 0 saturated heterocycles. The van der Waals surface area contributed by atoms with Crippen molar-refractivity contribution in [1.82, 2.24) is 0 Å². The average molecular weight is 283 g/mol. The number of nitro groups is 1. The summed E-state index contributed by atoms with van der Waals surface area (Å²) in [4.78, 5) is 10.7. The molecule has 0 saturated carbocycles. The second kappa shape index (κ2) is 4.24. The molecule has 0 fully saturated rings. The van der Waals surface area contributed by atoms with Crippen LogP contribution in [0.4, 0.5) is 5.88 Å². The van der Waals surface area contributed by atoms with E-state index in [1.54, 1.807) is 12.1 Å². The van der Waals surface area contributed by atoms with Crippen molar-refractivity contribution in [1.29, 1.82) is 0 Å². The normalized spacial score (nSPS) is 12.8. The van der Waals surface area contributed by atoms with Crippen LogP contribution in [0, 0.1) is 10.1 Å². The van der Waals surface area contributed by atoms with E-state index in [2.05, 4.69) is 0 Å². The Balaban J connectivity index is 2.06. The number of benzene rings is 2. The third-order valence-corrected chi connectivity index (χ3v) is 3.39. The zero-order chi connectivity index (χ0) is 14.4. The number of ether oxygens (including phenoxy) is 2. The highest BCUT2D eigenvalue weighted by Gasteiger charge is 2.27. The summed E-state index contributed by atoms with van der Waals surface area (Å²) in [5, 5.41) is 11.9. The monoisotopic (exact) mass is 283 g/mol. The van der Waals surface area contributed by atoms with Gasteiger partial charge in [0.2, 0.25) is 6.79 Å². The van der Waals surface area contributed by atoms with Crippen molar-refractivity contribution in [2.24, 2.45) is 0 Å². The summed E-state index contributed by atoms with van der Waals surface area (Å²) >= 11 is 0. The van der Waals surface area contributed by atoms with Crippen LogP contribution < -0.4 is 9.47 Å². The number of rotatable bonds is 2. The van der Waals surface area contributed by atoms with Crippen molar-refractivity contribution < 1.29 is 18.8 Å². The molecule has 0 amide bonds. The minimum atomic E-state index is -0.519. The third-order valence-electron chi connectivity index (χ3n) is 3.39. The molecular weight excluding hydrogens is 274 g/mol. The van der Waals surface area contributed by atoms with Gasteiger partial charge in [-0.05, 0) is 11.6 Å². The van der Waals surface area contributed by atoms with Crippen molar-refractivity contribution in [2.45, 2.75) is 0 Å². The molecule has 0 spiro atoms. The number of hydrogen-bond donors (Lipinski definition) is 0. The van der Waals surface area contributed by atoms with Gasteiger partial charge in [0.25, 0.3) is 0 Å². The molecule has 0 radical (unpaired) electrons. The standard InChI is InChI=1S/C15H9NO5/c17-16(18)15-14(9-4-2-1-3-5-9)10-6-12-13(20-8-19-12)7-11(10)21-15/h1-7H,8H2. The van der Waals surface area contributed by atoms with E-state index < -0.39 is 4.92 Å². The Morgan fingerprint density at radius 2 is 1.76 bits per heavy atom. The van der Waals surface area contributed by atoms with Gasteiger partial charge in [-0.15, -0.1) is 0 Å². The maximum absolute atomic E-state index is 11.3. The van der Waals surface area contributed by atoms with Crippen LogP contribution in [0.1, 0.15) is 0 Å². The lowest BCUT2D eigenvalue weighted by Crippen LogP contribution is -1.93. The van der Waals surface area contributed by atoms with Crippen molar-refractivity contribution in [3.8, 4) is 22.6 Å². The summed E-state index contributed by atoms with van der Waals surface area (Å²) in [6, 6.07) is 12.5. The molecule has 6 nitrogen and oxygen atoms in total. The van der Waals surface area contributed by atoms with Crippen LogP contribution >= 0.6 is 0 Å². The first-order valence-corrected chi connectivity index (χ1v) is 6.30. The van der Waals surface area contributed by atoms with E-state index in [1.807, 2.05) is 30.3 Å². The summed E-state index contributed by atoms with van der Waals surface area (Å²) in [5.74, 6) is 0.820. The molecule has 0 atom stereocenters. The third kappa shape index (κ3) is 1.73. The fourth-order valence-corrected chi connectivity index (χ4v) is 2.49. The highest BCUT2D eigenvalue weighted by Crippen LogP contribution is 2.45. The number of hydrogen-bond acceptors (Lipinski definition) is 5. The van der Waals surface area contributed by atoms with Crippen LogP contribution in [0.3, 0.4) is 0 Å². The molecule has 2 aromatic carbocycles. The lowest BCUT2D eigenvalue weighted by Gasteiger charge is -1.99. The Hall–Kier alpha value is -3.02. The molecule has 1 aliphatic rings. The van der Waals surface area contributed by atoms with E-state index in [9.17, 15) is 10.1 Å². The van der Waals surface area contributed by atoms with Crippen LogP contribution in [0.15, 0.2) is 46.9 Å². The van der Waals surface area contributed by atoms with Crippen LogP contribution in [-0.4, -0.2) is 11.7 Å². The van der Waals surface area contributed by atoms with E-state index in [0.717, 1.165) is 5.56 Å². The van der Waals surface area contributed by atoms with Crippen molar-refractivity contribution in [3.05, 3.63) is 52.6 Å². The Bertz CT molecular complexity index is 853. The highest BCUT2D eigenvalue weighted by atomic mass is 16.7. The van der Waals surface area contributed by atoms with Gasteiger partial charge in [-0.2, -0.15) is 0 Å². The summed E-state index contributed by atoms with van der Waals surface area (Å²) in [6.45, 7) is 0.144. The zero-order valence-corrected chi connectivity index (χ0v) is 10.7. The second-order valence-corrected chi connectivity index (χ2v) is 4.61. The fraction of sp³-hybridized carbons (Fsp3) is 0.0667. The lowest BCUT2D eigenvalue weighted by atomic mass is 10.0. The second-order valence-electron chi connectivity index (χ2n) is 4.61. The predicted molar refractivity (Wildman–Crippen MR) is 74.4 cm³/mol. The highest BCUT2D eigenvalue weighted by molar-refractivity contribution is 6.00. The quantitative estimate of drug-likeness (QED) is 0.529. The van der Waals surface area contributed by atoms with E-state index in [0.29, 0.717) is 28.0 Å². The molecule has 2 heterocycles. The van der Waals surface area contributed by atoms with Crippen LogP contribution in [0.25, 0.3) is 22.1 Å². The molecule has 1 aliphatic heterocycles. The van der Waals surface area contributed by atoms with Crippen molar-refractivity contribution in [2.75, 3.05) is 6.79 Å². The van der Waals surface area contributed by atoms with Gasteiger partial charge in [0.1, 0.15) is 16.1 Å². The molecule has 0 bridgehead atoms. The van der Waals surface area contributed by atoms with Crippen LogP contribution in [0.5, 0.6) is 11.5 Å². The number of nitrogens with zero attached hydrogens (tertiary/aromatic N) is 1. The maximum Gasteiger partial charge on any atom is 0.442 e. The first-order valence-electron chi connectivity index (χ1n) is 6.30. The summed E-state index contributed by atoms with van der Waals surface area (Å²) in [6.07, 6.45) is 0. The minimum Gasteiger partial charge on any atom is -0.454 e. The maximum atomic E-state index is 11.3.